The van der Waals surface area contributed by atoms with Gasteiger partial charge < -0.3 is 10.6 Å². The lowest BCUT2D eigenvalue weighted by atomic mass is 10.1. The maximum atomic E-state index is 11.6. The number of nitro groups is 1. The Hall–Kier alpha value is -2.89. The van der Waals surface area contributed by atoms with Crippen molar-refractivity contribution in [2.75, 3.05) is 6.54 Å². The van der Waals surface area contributed by atoms with E-state index in [1.807, 2.05) is 30.3 Å². The van der Waals surface area contributed by atoms with Crippen molar-refractivity contribution in [3.8, 4) is 0 Å². The number of nitrogens with one attached hydrogen (secondary N) is 2. The number of rotatable bonds is 6. The van der Waals surface area contributed by atoms with Crippen molar-refractivity contribution in [3.63, 3.8) is 0 Å². The predicted molar refractivity (Wildman–Crippen MR) is 83.5 cm³/mol. The number of non-ortho nitro benzene ring substituents is 1. The van der Waals surface area contributed by atoms with Crippen LogP contribution in [-0.2, 0) is 13.0 Å². The van der Waals surface area contributed by atoms with Gasteiger partial charge >= 0.3 is 6.03 Å². The first-order valence-corrected chi connectivity index (χ1v) is 6.94. The molecule has 2 aromatic carbocycles. The number of carbonyl (C=O) groups excluding carboxylic acids is 1. The van der Waals surface area contributed by atoms with E-state index in [2.05, 4.69) is 10.6 Å². The fraction of sp³-hybridized carbons (Fsp3) is 0.188. The zero-order chi connectivity index (χ0) is 15.8. The molecule has 6 heteroatoms. The predicted octanol–water partition coefficient (Wildman–Crippen LogP) is 2.64. The maximum Gasteiger partial charge on any atom is 0.315 e. The van der Waals surface area contributed by atoms with Gasteiger partial charge in [-0.2, -0.15) is 0 Å². The maximum absolute atomic E-state index is 11.6. The summed E-state index contributed by atoms with van der Waals surface area (Å²) in [7, 11) is 0. The van der Waals surface area contributed by atoms with Crippen LogP contribution < -0.4 is 10.6 Å². The summed E-state index contributed by atoms with van der Waals surface area (Å²) in [6, 6.07) is 15.7. The van der Waals surface area contributed by atoms with Crippen LogP contribution in [0.5, 0.6) is 0 Å². The molecule has 0 saturated heterocycles. The van der Waals surface area contributed by atoms with E-state index in [0.717, 1.165) is 11.1 Å². The molecule has 0 aliphatic rings. The highest BCUT2D eigenvalue weighted by molar-refractivity contribution is 5.73. The molecule has 2 aromatic rings. The van der Waals surface area contributed by atoms with Gasteiger partial charge in [0, 0.05) is 25.2 Å². The Kier molecular flexibility index (Phi) is 5.48. The molecule has 6 nitrogen and oxygen atoms in total. The minimum atomic E-state index is -0.431. The van der Waals surface area contributed by atoms with Crippen molar-refractivity contribution in [1.29, 1.82) is 0 Å². The molecule has 114 valence electrons. The standard InChI is InChI=1S/C16H17N3O3/c20-16(18-12-14-4-2-1-3-5-14)17-11-10-13-6-8-15(9-7-13)19(21)22/h1-9H,10-12H2,(H2,17,18,20). The third-order valence-electron chi connectivity index (χ3n) is 3.14. The fourth-order valence-corrected chi connectivity index (χ4v) is 1.95. The van der Waals surface area contributed by atoms with Crippen LogP contribution in [0.25, 0.3) is 0 Å². The lowest BCUT2D eigenvalue weighted by Crippen LogP contribution is -2.36. The van der Waals surface area contributed by atoms with Crippen LogP contribution in [0.15, 0.2) is 54.6 Å². The first kappa shape index (κ1) is 15.5. The third-order valence-corrected chi connectivity index (χ3v) is 3.14. The minimum absolute atomic E-state index is 0.0670. The Bertz CT molecular complexity index is 627. The summed E-state index contributed by atoms with van der Waals surface area (Å²) >= 11 is 0. The second-order valence-electron chi connectivity index (χ2n) is 4.77. The molecule has 2 amide bonds. The van der Waals surface area contributed by atoms with E-state index >= 15 is 0 Å². The summed E-state index contributed by atoms with van der Waals surface area (Å²) in [5.41, 5.74) is 2.04. The molecule has 0 radical (unpaired) electrons. The van der Waals surface area contributed by atoms with Gasteiger partial charge in [0.2, 0.25) is 0 Å². The zero-order valence-corrected chi connectivity index (χ0v) is 12.0. The van der Waals surface area contributed by atoms with E-state index in [1.165, 1.54) is 12.1 Å². The molecule has 0 saturated carbocycles. The summed E-state index contributed by atoms with van der Waals surface area (Å²) in [6.07, 6.45) is 0.622. The molecule has 0 atom stereocenters. The van der Waals surface area contributed by atoms with Crippen molar-refractivity contribution in [1.82, 2.24) is 10.6 Å². The molecule has 0 aliphatic carbocycles. The molecule has 0 aromatic heterocycles. The average Bonchev–Trinajstić information content (AvgIpc) is 2.54. The van der Waals surface area contributed by atoms with Crippen LogP contribution >= 0.6 is 0 Å². The molecule has 0 unspecified atom stereocenters. The number of hydrogen-bond donors (Lipinski definition) is 2. The quantitative estimate of drug-likeness (QED) is 0.635. The normalized spacial score (nSPS) is 10.0. The summed E-state index contributed by atoms with van der Waals surface area (Å²) in [6.45, 7) is 0.947. The Morgan fingerprint density at radius 1 is 0.955 bits per heavy atom. The van der Waals surface area contributed by atoms with Gasteiger partial charge in [-0.05, 0) is 17.5 Å². The van der Waals surface area contributed by atoms with E-state index in [4.69, 9.17) is 0 Å². The van der Waals surface area contributed by atoms with Gasteiger partial charge in [-0.3, -0.25) is 10.1 Å². The van der Waals surface area contributed by atoms with Crippen LogP contribution in [0.4, 0.5) is 10.5 Å². The topological polar surface area (TPSA) is 84.3 Å². The molecular formula is C16H17N3O3. The SMILES string of the molecule is O=C(NCCc1ccc([N+](=O)[O-])cc1)NCc1ccccc1. The number of nitrogens with zero attached hydrogens (tertiary/aromatic N) is 1. The molecule has 2 rings (SSSR count). The van der Waals surface area contributed by atoms with Crippen LogP contribution in [0.3, 0.4) is 0 Å². The van der Waals surface area contributed by atoms with Crippen LogP contribution in [-0.4, -0.2) is 17.5 Å². The number of nitro benzene ring substituents is 1. The Morgan fingerprint density at radius 2 is 1.64 bits per heavy atom. The molecule has 0 aliphatic heterocycles. The van der Waals surface area contributed by atoms with Crippen molar-refractivity contribution in [2.24, 2.45) is 0 Å². The van der Waals surface area contributed by atoms with Gasteiger partial charge in [-0.1, -0.05) is 42.5 Å². The molecule has 0 fully saturated rings. The van der Waals surface area contributed by atoms with Gasteiger partial charge in [-0.25, -0.2) is 4.79 Å². The average molecular weight is 299 g/mol. The Balaban J connectivity index is 1.69. The van der Waals surface area contributed by atoms with Crippen molar-refractivity contribution < 1.29 is 9.72 Å². The first-order chi connectivity index (χ1) is 10.6. The molecule has 0 bridgehead atoms. The minimum Gasteiger partial charge on any atom is -0.338 e. The number of benzene rings is 2. The number of carbonyl (C=O) groups is 1. The highest BCUT2D eigenvalue weighted by atomic mass is 16.6. The van der Waals surface area contributed by atoms with Crippen LogP contribution in [0, 0.1) is 10.1 Å². The van der Waals surface area contributed by atoms with Gasteiger partial charge in [0.25, 0.3) is 5.69 Å². The van der Waals surface area contributed by atoms with E-state index in [0.29, 0.717) is 19.5 Å². The molecule has 0 spiro atoms. The highest BCUT2D eigenvalue weighted by Crippen LogP contribution is 2.11. The zero-order valence-electron chi connectivity index (χ0n) is 12.0. The number of hydrogen-bond acceptors (Lipinski definition) is 3. The van der Waals surface area contributed by atoms with E-state index in [9.17, 15) is 14.9 Å². The van der Waals surface area contributed by atoms with Gasteiger partial charge in [0.15, 0.2) is 0 Å². The first-order valence-electron chi connectivity index (χ1n) is 6.94. The van der Waals surface area contributed by atoms with Gasteiger partial charge in [0.1, 0.15) is 0 Å². The van der Waals surface area contributed by atoms with Crippen LogP contribution in [0.1, 0.15) is 11.1 Å². The molecular weight excluding hydrogens is 282 g/mol. The second-order valence-corrected chi connectivity index (χ2v) is 4.77. The van der Waals surface area contributed by atoms with Crippen LogP contribution in [0.2, 0.25) is 0 Å². The fourth-order valence-electron chi connectivity index (χ4n) is 1.95. The van der Waals surface area contributed by atoms with E-state index in [1.54, 1.807) is 12.1 Å². The van der Waals surface area contributed by atoms with Crippen molar-refractivity contribution in [3.05, 3.63) is 75.8 Å². The second kappa shape index (κ2) is 7.78. The molecule has 22 heavy (non-hydrogen) atoms. The number of amides is 2. The lowest BCUT2D eigenvalue weighted by molar-refractivity contribution is -0.384. The smallest absolute Gasteiger partial charge is 0.315 e. The summed E-state index contributed by atoms with van der Waals surface area (Å²) in [4.78, 5) is 21.8. The molecule has 2 N–H and O–H groups in total. The van der Waals surface area contributed by atoms with E-state index in [-0.39, 0.29) is 11.7 Å². The van der Waals surface area contributed by atoms with Gasteiger partial charge in [-0.15, -0.1) is 0 Å². The highest BCUT2D eigenvalue weighted by Gasteiger charge is 2.04. The monoisotopic (exact) mass is 299 g/mol. The van der Waals surface area contributed by atoms with Crippen molar-refractivity contribution >= 4 is 11.7 Å². The Labute approximate surface area is 128 Å². The Morgan fingerprint density at radius 3 is 2.27 bits per heavy atom. The van der Waals surface area contributed by atoms with Gasteiger partial charge in [0.05, 0.1) is 4.92 Å². The summed E-state index contributed by atoms with van der Waals surface area (Å²) in [5.74, 6) is 0. The third kappa shape index (κ3) is 4.90. The summed E-state index contributed by atoms with van der Waals surface area (Å²) in [5, 5.41) is 16.1. The molecule has 0 heterocycles. The van der Waals surface area contributed by atoms with Crippen molar-refractivity contribution in [2.45, 2.75) is 13.0 Å². The van der Waals surface area contributed by atoms with E-state index < -0.39 is 4.92 Å². The summed E-state index contributed by atoms with van der Waals surface area (Å²) < 4.78 is 0. The number of urea groups is 1. The lowest BCUT2D eigenvalue weighted by Gasteiger charge is -2.07. The largest absolute Gasteiger partial charge is 0.338 e.